The zero-order valence-corrected chi connectivity index (χ0v) is 17.2. The Kier molecular flexibility index (Phi) is 4.29. The summed E-state index contributed by atoms with van der Waals surface area (Å²) in [6.07, 6.45) is 5.16. The third-order valence-corrected chi connectivity index (χ3v) is 5.87. The number of aromatic hydroxyl groups is 1. The number of imidazole rings is 2. The highest BCUT2D eigenvalue weighted by atomic mass is 16.5. The van der Waals surface area contributed by atoms with Gasteiger partial charge in [0.05, 0.1) is 17.2 Å². The van der Waals surface area contributed by atoms with Gasteiger partial charge >= 0.3 is 0 Å². The Morgan fingerprint density at radius 3 is 2.72 bits per heavy atom. The van der Waals surface area contributed by atoms with E-state index in [0.29, 0.717) is 30.4 Å². The molecule has 5 aromatic rings. The summed E-state index contributed by atoms with van der Waals surface area (Å²) in [5, 5.41) is 10.0. The third-order valence-electron chi connectivity index (χ3n) is 5.87. The van der Waals surface area contributed by atoms with Crippen LogP contribution in [0.1, 0.15) is 18.9 Å². The Labute approximate surface area is 183 Å². The summed E-state index contributed by atoms with van der Waals surface area (Å²) >= 11 is 0. The third kappa shape index (κ3) is 3.05. The van der Waals surface area contributed by atoms with E-state index in [9.17, 15) is 5.11 Å². The lowest BCUT2D eigenvalue weighted by Gasteiger charge is -2.25. The van der Waals surface area contributed by atoms with E-state index in [2.05, 4.69) is 14.5 Å². The number of phenols is 1. The number of rotatable bonds is 3. The molecule has 0 atom stereocenters. The van der Waals surface area contributed by atoms with Gasteiger partial charge in [0.15, 0.2) is 5.65 Å². The quantitative estimate of drug-likeness (QED) is 0.423. The van der Waals surface area contributed by atoms with E-state index in [4.69, 9.17) is 20.4 Å². The van der Waals surface area contributed by atoms with Gasteiger partial charge in [0.25, 0.3) is 0 Å². The molecule has 9 nitrogen and oxygen atoms in total. The molecule has 160 valence electrons. The van der Waals surface area contributed by atoms with Gasteiger partial charge in [-0.3, -0.25) is 4.57 Å². The minimum Gasteiger partial charge on any atom is -0.508 e. The van der Waals surface area contributed by atoms with E-state index < -0.39 is 0 Å². The molecule has 9 heteroatoms. The van der Waals surface area contributed by atoms with E-state index in [0.717, 1.165) is 40.9 Å². The van der Waals surface area contributed by atoms with Crippen LogP contribution in [0.2, 0.25) is 0 Å². The number of ether oxygens (including phenoxy) is 1. The maximum Gasteiger partial charge on any atom is 0.237 e. The molecular weight excluding hydrogens is 406 g/mol. The van der Waals surface area contributed by atoms with E-state index in [1.54, 1.807) is 24.7 Å². The summed E-state index contributed by atoms with van der Waals surface area (Å²) in [4.78, 5) is 18.8. The van der Waals surface area contributed by atoms with Gasteiger partial charge in [-0.15, -0.1) is 0 Å². The summed E-state index contributed by atoms with van der Waals surface area (Å²) < 4.78 is 9.58. The Hall–Kier alpha value is -3.98. The van der Waals surface area contributed by atoms with Crippen molar-refractivity contribution in [2.24, 2.45) is 0 Å². The number of hydrogen-bond donors (Lipinski definition) is 2. The zero-order chi connectivity index (χ0) is 21.7. The lowest BCUT2D eigenvalue weighted by Crippen LogP contribution is -2.20. The SMILES string of the molecule is Nc1ccc2ncn(-c3ncc4nc(-c5cccc(O)c5)n(C5CCOCC5)c4n3)c2c1. The topological polar surface area (TPSA) is 117 Å². The Bertz CT molecular complexity index is 1450. The zero-order valence-electron chi connectivity index (χ0n) is 17.2. The smallest absolute Gasteiger partial charge is 0.237 e. The standard InChI is InChI=1S/C23H21N7O2/c24-15-4-5-18-20(11-15)29(13-26-18)23-25-12-19-22(28-23)30(16-6-8-32-9-7-16)21(27-19)14-2-1-3-17(31)10-14/h1-5,10-13,16,31H,6-9,24H2. The number of nitrogen functional groups attached to an aromatic ring is 1. The lowest BCUT2D eigenvalue weighted by atomic mass is 10.1. The second kappa shape index (κ2) is 7.31. The lowest BCUT2D eigenvalue weighted by molar-refractivity contribution is 0.0708. The van der Waals surface area contributed by atoms with Crippen molar-refractivity contribution < 1.29 is 9.84 Å². The number of anilines is 1. The summed E-state index contributed by atoms with van der Waals surface area (Å²) in [6.45, 7) is 1.38. The van der Waals surface area contributed by atoms with Crippen molar-refractivity contribution in [2.75, 3.05) is 18.9 Å². The Morgan fingerprint density at radius 2 is 1.88 bits per heavy atom. The molecule has 1 saturated heterocycles. The molecule has 32 heavy (non-hydrogen) atoms. The molecule has 4 heterocycles. The van der Waals surface area contributed by atoms with Crippen molar-refractivity contribution in [1.82, 2.24) is 29.1 Å². The average molecular weight is 427 g/mol. The van der Waals surface area contributed by atoms with Gasteiger partial charge in [0.1, 0.15) is 23.4 Å². The van der Waals surface area contributed by atoms with Crippen LogP contribution in [0.15, 0.2) is 55.0 Å². The van der Waals surface area contributed by atoms with Crippen LogP contribution in [0.4, 0.5) is 5.69 Å². The fraction of sp³-hybridized carbons (Fsp3) is 0.217. The molecule has 0 bridgehead atoms. The van der Waals surface area contributed by atoms with Crippen molar-refractivity contribution >= 4 is 27.9 Å². The van der Waals surface area contributed by atoms with Crippen molar-refractivity contribution in [3.63, 3.8) is 0 Å². The molecule has 0 amide bonds. The highest BCUT2D eigenvalue weighted by Gasteiger charge is 2.24. The van der Waals surface area contributed by atoms with Gasteiger partial charge in [-0.05, 0) is 43.2 Å². The summed E-state index contributed by atoms with van der Waals surface area (Å²) in [5.74, 6) is 1.46. The van der Waals surface area contributed by atoms with E-state index in [1.165, 1.54) is 0 Å². The van der Waals surface area contributed by atoms with E-state index in [-0.39, 0.29) is 11.8 Å². The minimum atomic E-state index is 0.184. The maximum absolute atomic E-state index is 10.0. The first kappa shape index (κ1) is 18.8. The van der Waals surface area contributed by atoms with Gasteiger partial charge in [0, 0.05) is 30.5 Å². The molecule has 1 aliphatic rings. The van der Waals surface area contributed by atoms with Gasteiger partial charge in [-0.1, -0.05) is 12.1 Å². The predicted molar refractivity (Wildman–Crippen MR) is 121 cm³/mol. The van der Waals surface area contributed by atoms with Crippen LogP contribution in [0, 0.1) is 0 Å². The van der Waals surface area contributed by atoms with Gasteiger partial charge in [0.2, 0.25) is 5.95 Å². The normalized spacial score (nSPS) is 15.0. The summed E-state index contributed by atoms with van der Waals surface area (Å²) in [6, 6.07) is 12.9. The molecule has 1 aliphatic heterocycles. The molecule has 1 fully saturated rings. The number of aromatic nitrogens is 6. The monoisotopic (exact) mass is 427 g/mol. The molecular formula is C23H21N7O2. The summed E-state index contributed by atoms with van der Waals surface area (Å²) in [7, 11) is 0. The number of nitrogens with zero attached hydrogens (tertiary/aromatic N) is 6. The van der Waals surface area contributed by atoms with Crippen LogP contribution in [-0.4, -0.2) is 47.4 Å². The molecule has 0 unspecified atom stereocenters. The molecule has 0 saturated carbocycles. The first-order valence-electron chi connectivity index (χ1n) is 10.5. The highest BCUT2D eigenvalue weighted by molar-refractivity contribution is 5.81. The van der Waals surface area contributed by atoms with Gasteiger partial charge in [-0.25, -0.2) is 15.0 Å². The maximum atomic E-state index is 10.0. The molecule has 6 rings (SSSR count). The molecule has 0 aliphatic carbocycles. The average Bonchev–Trinajstić information content (AvgIpc) is 3.40. The second-order valence-electron chi connectivity index (χ2n) is 7.94. The first-order valence-corrected chi connectivity index (χ1v) is 10.5. The first-order chi connectivity index (χ1) is 15.7. The minimum absolute atomic E-state index is 0.184. The van der Waals surface area contributed by atoms with Crippen LogP contribution >= 0.6 is 0 Å². The number of hydrogen-bond acceptors (Lipinski definition) is 7. The number of fused-ring (bicyclic) bond motifs is 2. The number of phenolic OH excluding ortho intramolecular Hbond substituents is 1. The van der Waals surface area contributed by atoms with Gasteiger partial charge < -0.3 is 20.1 Å². The van der Waals surface area contributed by atoms with Crippen molar-refractivity contribution in [1.29, 1.82) is 0 Å². The Morgan fingerprint density at radius 1 is 1.00 bits per heavy atom. The van der Waals surface area contributed by atoms with Crippen molar-refractivity contribution in [3.8, 4) is 23.1 Å². The van der Waals surface area contributed by atoms with E-state index >= 15 is 0 Å². The van der Waals surface area contributed by atoms with Crippen LogP contribution in [0.3, 0.4) is 0 Å². The molecule has 3 aromatic heterocycles. The number of nitrogens with two attached hydrogens (primary N) is 1. The fourth-order valence-electron chi connectivity index (χ4n) is 4.32. The Balaban J connectivity index is 1.57. The second-order valence-corrected chi connectivity index (χ2v) is 7.94. The van der Waals surface area contributed by atoms with Crippen LogP contribution in [0.5, 0.6) is 5.75 Å². The molecule has 0 radical (unpaired) electrons. The highest BCUT2D eigenvalue weighted by Crippen LogP contribution is 2.33. The molecule has 2 aromatic carbocycles. The van der Waals surface area contributed by atoms with Crippen molar-refractivity contribution in [2.45, 2.75) is 18.9 Å². The molecule has 0 spiro atoms. The van der Waals surface area contributed by atoms with E-state index in [1.807, 2.05) is 34.9 Å². The largest absolute Gasteiger partial charge is 0.508 e. The van der Waals surface area contributed by atoms with Crippen LogP contribution in [0.25, 0.3) is 39.5 Å². The van der Waals surface area contributed by atoms with Crippen molar-refractivity contribution in [3.05, 3.63) is 55.0 Å². The van der Waals surface area contributed by atoms with Gasteiger partial charge in [-0.2, -0.15) is 4.98 Å². The summed E-state index contributed by atoms with van der Waals surface area (Å²) in [5.41, 5.74) is 10.6. The fourth-order valence-corrected chi connectivity index (χ4v) is 4.32. The van der Waals surface area contributed by atoms with Crippen LogP contribution < -0.4 is 5.73 Å². The predicted octanol–water partition coefficient (Wildman–Crippen LogP) is 3.47. The number of benzene rings is 2. The molecule has 3 N–H and O–H groups in total. The van der Waals surface area contributed by atoms with Crippen LogP contribution in [-0.2, 0) is 4.74 Å².